The van der Waals surface area contributed by atoms with Crippen LogP contribution in [0.5, 0.6) is 0 Å². The molecule has 1 nitrogen and oxygen atoms in total. The van der Waals surface area contributed by atoms with Crippen LogP contribution in [0.15, 0.2) is 12.7 Å². The lowest BCUT2D eigenvalue weighted by atomic mass is 10.3. The molecule has 2 heteroatoms. The first-order valence-electron chi connectivity index (χ1n) is 3.58. The van der Waals surface area contributed by atoms with E-state index in [0.29, 0.717) is 12.0 Å². The number of aldehydes is 1. The Morgan fingerprint density at radius 3 is 2.10 bits per heavy atom. The molecule has 0 N–H and O–H groups in total. The van der Waals surface area contributed by atoms with Crippen LogP contribution in [-0.4, -0.2) is 14.4 Å². The van der Waals surface area contributed by atoms with E-state index in [1.165, 1.54) is 0 Å². The second-order valence-corrected chi connectivity index (χ2v) is 9.08. The van der Waals surface area contributed by atoms with Gasteiger partial charge in [-0.1, -0.05) is 25.7 Å². The predicted octanol–water partition coefficient (Wildman–Crippen LogP) is 2.47. The fraction of sp³-hybridized carbons (Fsp3) is 0.625. The molecule has 0 aliphatic heterocycles. The number of hydrogen-bond donors (Lipinski definition) is 0. The molecule has 1 atom stereocenters. The monoisotopic (exact) mass is 156 g/mol. The molecule has 0 bridgehead atoms. The van der Waals surface area contributed by atoms with Gasteiger partial charge in [0.25, 0.3) is 0 Å². The van der Waals surface area contributed by atoms with Gasteiger partial charge in [-0.15, -0.1) is 6.58 Å². The van der Waals surface area contributed by atoms with Crippen molar-refractivity contribution < 1.29 is 4.79 Å². The second kappa shape index (κ2) is 3.71. The van der Waals surface area contributed by atoms with Crippen LogP contribution in [0, 0.1) is 0 Å². The summed E-state index contributed by atoms with van der Waals surface area (Å²) >= 11 is 0. The Balaban J connectivity index is 4.05. The van der Waals surface area contributed by atoms with Crippen LogP contribution in [-0.2, 0) is 4.79 Å². The van der Waals surface area contributed by atoms with Crippen molar-refractivity contribution in [3.8, 4) is 0 Å². The standard InChI is InChI=1S/C8H16OSi/c1-5-8(6-7-9)10(2,3)4/h5,7-8H,1,6H2,2-4H3/t8-/m0/s1. The molecular formula is C8H16OSi. The second-order valence-electron chi connectivity index (χ2n) is 3.61. The Labute approximate surface area is 64.1 Å². The molecule has 0 heterocycles. The van der Waals surface area contributed by atoms with E-state index in [2.05, 4.69) is 26.2 Å². The maximum absolute atomic E-state index is 10.2. The van der Waals surface area contributed by atoms with Crippen molar-refractivity contribution in [1.82, 2.24) is 0 Å². The van der Waals surface area contributed by atoms with Crippen molar-refractivity contribution in [3.63, 3.8) is 0 Å². The smallest absolute Gasteiger partial charge is 0.120 e. The molecule has 0 aliphatic rings. The van der Waals surface area contributed by atoms with Gasteiger partial charge in [-0.25, -0.2) is 0 Å². The summed E-state index contributed by atoms with van der Waals surface area (Å²) in [6, 6.07) is 0. The summed E-state index contributed by atoms with van der Waals surface area (Å²) in [5, 5.41) is 0. The highest BCUT2D eigenvalue weighted by molar-refractivity contribution is 6.78. The van der Waals surface area contributed by atoms with E-state index >= 15 is 0 Å². The normalized spacial score (nSPS) is 14.3. The third-order valence-electron chi connectivity index (χ3n) is 1.75. The quantitative estimate of drug-likeness (QED) is 0.347. The zero-order valence-electron chi connectivity index (χ0n) is 7.05. The molecule has 0 aromatic heterocycles. The molecule has 0 spiro atoms. The molecule has 58 valence electrons. The van der Waals surface area contributed by atoms with Crippen LogP contribution in [0.3, 0.4) is 0 Å². The number of rotatable bonds is 4. The molecule has 0 aliphatic carbocycles. The lowest BCUT2D eigenvalue weighted by Crippen LogP contribution is -2.26. The summed E-state index contributed by atoms with van der Waals surface area (Å²) < 4.78 is 0. The van der Waals surface area contributed by atoms with Crippen LogP contribution in [0.25, 0.3) is 0 Å². The van der Waals surface area contributed by atoms with Crippen LogP contribution >= 0.6 is 0 Å². The average molecular weight is 156 g/mol. The van der Waals surface area contributed by atoms with E-state index in [0.717, 1.165) is 6.29 Å². The van der Waals surface area contributed by atoms with Crippen molar-refractivity contribution in [2.75, 3.05) is 0 Å². The van der Waals surface area contributed by atoms with Gasteiger partial charge in [0.1, 0.15) is 6.29 Å². The van der Waals surface area contributed by atoms with Crippen molar-refractivity contribution in [2.24, 2.45) is 0 Å². The first-order chi connectivity index (χ1) is 4.52. The van der Waals surface area contributed by atoms with Crippen LogP contribution in [0.1, 0.15) is 6.42 Å². The topological polar surface area (TPSA) is 17.1 Å². The fourth-order valence-corrected chi connectivity index (χ4v) is 2.42. The fourth-order valence-electron chi connectivity index (χ4n) is 0.907. The number of allylic oxidation sites excluding steroid dienone is 1. The lowest BCUT2D eigenvalue weighted by molar-refractivity contribution is -0.107. The molecule has 10 heavy (non-hydrogen) atoms. The third-order valence-corrected chi connectivity index (χ3v) is 4.44. The Morgan fingerprint density at radius 1 is 1.50 bits per heavy atom. The van der Waals surface area contributed by atoms with Crippen LogP contribution in [0.4, 0.5) is 0 Å². The zero-order valence-corrected chi connectivity index (χ0v) is 8.05. The maximum atomic E-state index is 10.2. The average Bonchev–Trinajstić information content (AvgIpc) is 1.80. The van der Waals surface area contributed by atoms with E-state index in [1.807, 2.05) is 6.08 Å². The molecular weight excluding hydrogens is 140 g/mol. The van der Waals surface area contributed by atoms with Gasteiger partial charge in [0.15, 0.2) is 0 Å². The summed E-state index contributed by atoms with van der Waals surface area (Å²) in [4.78, 5) is 10.2. The Hall–Kier alpha value is -0.373. The molecule has 0 aromatic rings. The summed E-state index contributed by atoms with van der Waals surface area (Å²) in [5.41, 5.74) is 0.449. The third kappa shape index (κ3) is 2.97. The van der Waals surface area contributed by atoms with Gasteiger partial charge in [0.2, 0.25) is 0 Å². The van der Waals surface area contributed by atoms with E-state index in [9.17, 15) is 4.79 Å². The van der Waals surface area contributed by atoms with Crippen molar-refractivity contribution >= 4 is 14.4 Å². The van der Waals surface area contributed by atoms with Crippen molar-refractivity contribution in [2.45, 2.75) is 31.6 Å². The summed E-state index contributed by atoms with van der Waals surface area (Å²) in [6.07, 6.45) is 3.56. The van der Waals surface area contributed by atoms with E-state index in [4.69, 9.17) is 0 Å². The van der Waals surface area contributed by atoms with Gasteiger partial charge < -0.3 is 4.79 Å². The first kappa shape index (κ1) is 9.63. The molecule has 0 amide bonds. The van der Waals surface area contributed by atoms with E-state index < -0.39 is 8.07 Å². The highest BCUT2D eigenvalue weighted by atomic mass is 28.3. The Morgan fingerprint density at radius 2 is 2.00 bits per heavy atom. The van der Waals surface area contributed by atoms with Gasteiger partial charge in [0, 0.05) is 6.42 Å². The Kier molecular flexibility index (Phi) is 3.57. The minimum Gasteiger partial charge on any atom is -0.303 e. The lowest BCUT2D eigenvalue weighted by Gasteiger charge is -2.23. The minimum atomic E-state index is -1.16. The van der Waals surface area contributed by atoms with Gasteiger partial charge in [-0.2, -0.15) is 0 Å². The number of hydrogen-bond acceptors (Lipinski definition) is 1. The van der Waals surface area contributed by atoms with Crippen LogP contribution in [0.2, 0.25) is 25.2 Å². The SMILES string of the molecule is C=C[C@@H](CC=O)[Si](C)(C)C. The number of carbonyl (C=O) groups excluding carboxylic acids is 1. The summed E-state index contributed by atoms with van der Waals surface area (Å²) in [5.74, 6) is 0. The maximum Gasteiger partial charge on any atom is 0.120 e. The minimum absolute atomic E-state index is 0.449. The van der Waals surface area contributed by atoms with Crippen LogP contribution < -0.4 is 0 Å². The predicted molar refractivity (Wildman–Crippen MR) is 48.0 cm³/mol. The van der Waals surface area contributed by atoms with E-state index in [-0.39, 0.29) is 0 Å². The molecule has 0 saturated carbocycles. The highest BCUT2D eigenvalue weighted by Crippen LogP contribution is 2.24. The largest absolute Gasteiger partial charge is 0.303 e. The molecule has 0 saturated heterocycles. The van der Waals surface area contributed by atoms with Gasteiger partial charge in [-0.05, 0) is 5.54 Å². The van der Waals surface area contributed by atoms with Gasteiger partial charge in [-0.3, -0.25) is 0 Å². The first-order valence-corrected chi connectivity index (χ1v) is 7.16. The number of carbonyl (C=O) groups is 1. The molecule has 0 aromatic carbocycles. The zero-order chi connectivity index (χ0) is 8.20. The van der Waals surface area contributed by atoms with Crippen molar-refractivity contribution in [1.29, 1.82) is 0 Å². The molecule has 0 unspecified atom stereocenters. The molecule has 0 fully saturated rings. The van der Waals surface area contributed by atoms with Gasteiger partial charge >= 0.3 is 0 Å². The summed E-state index contributed by atoms with van der Waals surface area (Å²) in [6.45, 7) is 10.5. The van der Waals surface area contributed by atoms with Gasteiger partial charge in [0.05, 0.1) is 8.07 Å². The highest BCUT2D eigenvalue weighted by Gasteiger charge is 2.22. The molecule has 0 rings (SSSR count). The van der Waals surface area contributed by atoms with E-state index in [1.54, 1.807) is 0 Å². The summed E-state index contributed by atoms with van der Waals surface area (Å²) in [7, 11) is -1.16. The Bertz CT molecular complexity index is 124. The molecule has 0 radical (unpaired) electrons. The van der Waals surface area contributed by atoms with Crippen molar-refractivity contribution in [3.05, 3.63) is 12.7 Å².